The summed E-state index contributed by atoms with van der Waals surface area (Å²) >= 11 is 0. The van der Waals surface area contributed by atoms with Gasteiger partial charge in [0.15, 0.2) is 0 Å². The highest BCUT2D eigenvalue weighted by molar-refractivity contribution is 5.20. The van der Waals surface area contributed by atoms with Gasteiger partial charge in [0, 0.05) is 18.7 Å². The smallest absolute Gasteiger partial charge is 0.118 e. The monoisotopic (exact) mass is 222 g/mol. The van der Waals surface area contributed by atoms with E-state index < -0.39 is 0 Å². The minimum atomic E-state index is 0.786. The molecule has 0 aliphatic heterocycles. The van der Waals surface area contributed by atoms with Crippen molar-refractivity contribution in [2.24, 2.45) is 0 Å². The van der Waals surface area contributed by atoms with Crippen molar-refractivity contribution in [3.8, 4) is 0 Å². The molecule has 1 aromatic heterocycles. The lowest BCUT2D eigenvalue weighted by Gasteiger charge is -2.17. The molecule has 0 atom stereocenters. The second-order valence-corrected chi connectivity index (χ2v) is 3.94. The average molecular weight is 222 g/mol. The Kier molecular flexibility index (Phi) is 5.29. The van der Waals surface area contributed by atoms with Gasteiger partial charge in [0.2, 0.25) is 0 Å². The first-order valence-corrected chi connectivity index (χ1v) is 5.77. The Labute approximate surface area is 98.1 Å². The molecular weight excluding hydrogens is 200 g/mol. The fraction of sp³-hybridized carbons (Fsp3) is 0.538. The molecule has 0 aromatic carbocycles. The summed E-state index contributed by atoms with van der Waals surface area (Å²) in [6.45, 7) is 11.6. The molecular formula is C13H22N2O. The van der Waals surface area contributed by atoms with Crippen LogP contribution in [0, 0.1) is 6.92 Å². The van der Waals surface area contributed by atoms with E-state index in [4.69, 9.17) is 4.42 Å². The lowest BCUT2D eigenvalue weighted by atomic mass is 10.2. The number of hydrogen-bond acceptors (Lipinski definition) is 3. The van der Waals surface area contributed by atoms with Crippen LogP contribution in [0.5, 0.6) is 0 Å². The quantitative estimate of drug-likeness (QED) is 0.718. The Morgan fingerprint density at radius 1 is 1.56 bits per heavy atom. The second-order valence-electron chi connectivity index (χ2n) is 3.94. The summed E-state index contributed by atoms with van der Waals surface area (Å²) in [5.74, 6) is 2.03. The van der Waals surface area contributed by atoms with Crippen molar-refractivity contribution in [2.75, 3.05) is 20.1 Å². The fourth-order valence-corrected chi connectivity index (χ4v) is 1.73. The van der Waals surface area contributed by atoms with Crippen LogP contribution in [0.3, 0.4) is 0 Å². The van der Waals surface area contributed by atoms with Crippen LogP contribution < -0.4 is 5.32 Å². The van der Waals surface area contributed by atoms with Crippen molar-refractivity contribution in [1.29, 1.82) is 0 Å². The number of aryl methyl sites for hydroxylation is 1. The zero-order chi connectivity index (χ0) is 12.0. The van der Waals surface area contributed by atoms with Crippen LogP contribution in [-0.2, 0) is 13.1 Å². The molecule has 0 unspecified atom stereocenters. The Morgan fingerprint density at radius 3 is 2.88 bits per heavy atom. The number of hydrogen-bond donors (Lipinski definition) is 1. The van der Waals surface area contributed by atoms with Gasteiger partial charge >= 0.3 is 0 Å². The molecule has 0 radical (unpaired) electrons. The zero-order valence-electron chi connectivity index (χ0n) is 10.5. The van der Waals surface area contributed by atoms with Crippen molar-refractivity contribution in [3.63, 3.8) is 0 Å². The van der Waals surface area contributed by atoms with Crippen LogP contribution in [0.1, 0.15) is 24.0 Å². The van der Waals surface area contributed by atoms with E-state index in [-0.39, 0.29) is 0 Å². The normalized spacial score (nSPS) is 11.0. The van der Waals surface area contributed by atoms with E-state index in [2.05, 4.69) is 29.8 Å². The third-order valence-electron chi connectivity index (χ3n) is 2.65. The molecule has 1 aromatic rings. The fourth-order valence-electron chi connectivity index (χ4n) is 1.73. The number of rotatable bonds is 7. The van der Waals surface area contributed by atoms with Crippen molar-refractivity contribution >= 4 is 0 Å². The van der Waals surface area contributed by atoms with Crippen LogP contribution >= 0.6 is 0 Å². The Morgan fingerprint density at radius 2 is 2.31 bits per heavy atom. The lowest BCUT2D eigenvalue weighted by molar-refractivity contribution is 0.308. The average Bonchev–Trinajstić information content (AvgIpc) is 2.59. The largest absolute Gasteiger partial charge is 0.465 e. The molecule has 0 aliphatic rings. The van der Waals surface area contributed by atoms with E-state index in [0.717, 1.165) is 37.7 Å². The third-order valence-corrected chi connectivity index (χ3v) is 2.65. The second kappa shape index (κ2) is 6.51. The summed E-state index contributed by atoms with van der Waals surface area (Å²) in [5, 5.41) is 3.09. The van der Waals surface area contributed by atoms with Gasteiger partial charge < -0.3 is 9.73 Å². The SMILES string of the molecule is C=CCN(CC)Cc1cc(CNC)oc1C. The lowest BCUT2D eigenvalue weighted by Crippen LogP contribution is -2.22. The minimum absolute atomic E-state index is 0.786. The van der Waals surface area contributed by atoms with Crippen LogP contribution in [0.4, 0.5) is 0 Å². The summed E-state index contributed by atoms with van der Waals surface area (Å²) < 4.78 is 5.66. The van der Waals surface area contributed by atoms with Crippen molar-refractivity contribution in [3.05, 3.63) is 35.8 Å². The highest BCUT2D eigenvalue weighted by Gasteiger charge is 2.09. The van der Waals surface area contributed by atoms with Gasteiger partial charge in [0.05, 0.1) is 6.54 Å². The topological polar surface area (TPSA) is 28.4 Å². The van der Waals surface area contributed by atoms with Crippen molar-refractivity contribution < 1.29 is 4.42 Å². The maximum absolute atomic E-state index is 5.66. The summed E-state index contributed by atoms with van der Waals surface area (Å²) in [6, 6.07) is 2.14. The van der Waals surface area contributed by atoms with Gasteiger partial charge in [-0.3, -0.25) is 4.90 Å². The molecule has 1 N–H and O–H groups in total. The van der Waals surface area contributed by atoms with E-state index in [9.17, 15) is 0 Å². The van der Waals surface area contributed by atoms with Gasteiger partial charge in [-0.1, -0.05) is 13.0 Å². The predicted molar refractivity (Wildman–Crippen MR) is 67.4 cm³/mol. The van der Waals surface area contributed by atoms with Gasteiger partial charge in [0.1, 0.15) is 11.5 Å². The predicted octanol–water partition coefficient (Wildman–Crippen LogP) is 2.32. The van der Waals surface area contributed by atoms with Crippen LogP contribution in [0.2, 0.25) is 0 Å². The van der Waals surface area contributed by atoms with Gasteiger partial charge in [-0.25, -0.2) is 0 Å². The number of nitrogens with zero attached hydrogens (tertiary/aromatic N) is 1. The van der Waals surface area contributed by atoms with Crippen LogP contribution in [0.25, 0.3) is 0 Å². The standard InChI is InChI=1S/C13H22N2O/c1-5-7-15(6-2)10-12-8-13(9-14-4)16-11(12)3/h5,8,14H,1,6-7,9-10H2,2-4H3. The summed E-state index contributed by atoms with van der Waals surface area (Å²) in [5.41, 5.74) is 1.27. The molecule has 0 saturated heterocycles. The highest BCUT2D eigenvalue weighted by Crippen LogP contribution is 2.16. The van der Waals surface area contributed by atoms with Crippen LogP contribution in [0.15, 0.2) is 23.1 Å². The molecule has 0 saturated carbocycles. The zero-order valence-corrected chi connectivity index (χ0v) is 10.5. The molecule has 3 heteroatoms. The molecule has 0 bridgehead atoms. The highest BCUT2D eigenvalue weighted by atomic mass is 16.3. The van der Waals surface area contributed by atoms with E-state index in [1.807, 2.05) is 20.0 Å². The van der Waals surface area contributed by atoms with Gasteiger partial charge in [-0.05, 0) is 26.6 Å². The van der Waals surface area contributed by atoms with E-state index in [1.165, 1.54) is 5.56 Å². The molecule has 0 spiro atoms. The van der Waals surface area contributed by atoms with E-state index >= 15 is 0 Å². The Hall–Kier alpha value is -1.06. The van der Waals surface area contributed by atoms with Gasteiger partial charge in [-0.15, -0.1) is 6.58 Å². The van der Waals surface area contributed by atoms with Gasteiger partial charge in [-0.2, -0.15) is 0 Å². The molecule has 90 valence electrons. The molecule has 16 heavy (non-hydrogen) atoms. The third kappa shape index (κ3) is 3.51. The Bertz CT molecular complexity index is 331. The maximum atomic E-state index is 5.66. The minimum Gasteiger partial charge on any atom is -0.465 e. The molecule has 0 amide bonds. The number of furan rings is 1. The molecule has 1 heterocycles. The van der Waals surface area contributed by atoms with E-state index in [1.54, 1.807) is 0 Å². The first kappa shape index (κ1) is 13.0. The van der Waals surface area contributed by atoms with Crippen molar-refractivity contribution in [1.82, 2.24) is 10.2 Å². The molecule has 1 rings (SSSR count). The summed E-state index contributed by atoms with van der Waals surface area (Å²) in [7, 11) is 1.92. The molecule has 3 nitrogen and oxygen atoms in total. The summed E-state index contributed by atoms with van der Waals surface area (Å²) in [6.07, 6.45) is 1.94. The van der Waals surface area contributed by atoms with E-state index in [0.29, 0.717) is 0 Å². The molecule has 0 fully saturated rings. The maximum Gasteiger partial charge on any atom is 0.118 e. The van der Waals surface area contributed by atoms with Crippen LogP contribution in [-0.4, -0.2) is 25.0 Å². The first-order valence-electron chi connectivity index (χ1n) is 5.77. The number of likely N-dealkylation sites (N-methyl/N-ethyl adjacent to an activating group) is 1. The molecule has 0 aliphatic carbocycles. The summed E-state index contributed by atoms with van der Waals surface area (Å²) in [4.78, 5) is 2.33. The van der Waals surface area contributed by atoms with Crippen molar-refractivity contribution in [2.45, 2.75) is 26.9 Å². The van der Waals surface area contributed by atoms with Gasteiger partial charge in [0.25, 0.3) is 0 Å². The Balaban J connectivity index is 2.67. The number of nitrogens with one attached hydrogen (secondary N) is 1. The first-order chi connectivity index (χ1) is 7.71.